The smallest absolute Gasteiger partial charge is 0.0615 e. The number of benzene rings is 1. The van der Waals surface area contributed by atoms with Crippen molar-refractivity contribution in [3.8, 4) is 0 Å². The van der Waals surface area contributed by atoms with Gasteiger partial charge in [0, 0.05) is 25.7 Å². The Hall–Kier alpha value is -0.900. The SMILES string of the molecule is CCN(CCC(N)c1ccc(C)cc1)C(C)COC. The maximum absolute atomic E-state index is 6.26. The number of hydrogen-bond acceptors (Lipinski definition) is 3. The third-order valence-corrected chi connectivity index (χ3v) is 3.67. The summed E-state index contributed by atoms with van der Waals surface area (Å²) in [4.78, 5) is 2.41. The Morgan fingerprint density at radius 1 is 1.26 bits per heavy atom. The molecule has 2 atom stereocenters. The maximum Gasteiger partial charge on any atom is 0.0615 e. The maximum atomic E-state index is 6.26. The number of nitrogens with two attached hydrogens (primary N) is 1. The lowest BCUT2D eigenvalue weighted by Gasteiger charge is -2.28. The van der Waals surface area contributed by atoms with Gasteiger partial charge in [0.05, 0.1) is 6.61 Å². The summed E-state index contributed by atoms with van der Waals surface area (Å²) in [5.41, 5.74) is 8.77. The van der Waals surface area contributed by atoms with Crippen LogP contribution in [-0.4, -0.2) is 37.7 Å². The van der Waals surface area contributed by atoms with Crippen LogP contribution in [0, 0.1) is 6.92 Å². The van der Waals surface area contributed by atoms with Crippen LogP contribution in [-0.2, 0) is 4.74 Å². The molecule has 0 aliphatic carbocycles. The van der Waals surface area contributed by atoms with Crippen LogP contribution < -0.4 is 5.73 Å². The molecular formula is C16H28N2O. The minimum absolute atomic E-state index is 0.115. The van der Waals surface area contributed by atoms with Gasteiger partial charge in [0.1, 0.15) is 0 Å². The fraction of sp³-hybridized carbons (Fsp3) is 0.625. The van der Waals surface area contributed by atoms with E-state index in [4.69, 9.17) is 10.5 Å². The van der Waals surface area contributed by atoms with Crippen molar-refractivity contribution in [3.63, 3.8) is 0 Å². The first-order valence-corrected chi connectivity index (χ1v) is 7.13. The third kappa shape index (κ3) is 5.31. The third-order valence-electron chi connectivity index (χ3n) is 3.67. The summed E-state index contributed by atoms with van der Waals surface area (Å²) in [6.45, 7) is 9.29. The topological polar surface area (TPSA) is 38.5 Å². The van der Waals surface area contributed by atoms with Gasteiger partial charge >= 0.3 is 0 Å². The van der Waals surface area contributed by atoms with Gasteiger partial charge in [0.15, 0.2) is 0 Å². The molecule has 0 aliphatic rings. The average molecular weight is 264 g/mol. The highest BCUT2D eigenvalue weighted by atomic mass is 16.5. The number of likely N-dealkylation sites (N-methyl/N-ethyl adjacent to an activating group) is 1. The largest absolute Gasteiger partial charge is 0.383 e. The minimum Gasteiger partial charge on any atom is -0.383 e. The second kappa shape index (κ2) is 8.31. The molecule has 2 N–H and O–H groups in total. The molecule has 1 aromatic rings. The first kappa shape index (κ1) is 16.2. The van der Waals surface area contributed by atoms with Crippen molar-refractivity contribution in [3.05, 3.63) is 35.4 Å². The van der Waals surface area contributed by atoms with Gasteiger partial charge in [-0.1, -0.05) is 36.8 Å². The summed E-state index contributed by atoms with van der Waals surface area (Å²) < 4.78 is 5.22. The van der Waals surface area contributed by atoms with Crippen molar-refractivity contribution in [2.75, 3.05) is 26.8 Å². The highest BCUT2D eigenvalue weighted by Crippen LogP contribution is 2.16. The molecule has 0 radical (unpaired) electrons. The predicted octanol–water partition coefficient (Wildman–Crippen LogP) is 2.74. The van der Waals surface area contributed by atoms with Crippen LogP contribution in [0.4, 0.5) is 0 Å². The van der Waals surface area contributed by atoms with Crippen LogP contribution >= 0.6 is 0 Å². The van der Waals surface area contributed by atoms with Gasteiger partial charge in [-0.15, -0.1) is 0 Å². The van der Waals surface area contributed by atoms with Gasteiger partial charge in [0.2, 0.25) is 0 Å². The lowest BCUT2D eigenvalue weighted by molar-refractivity contribution is 0.101. The zero-order chi connectivity index (χ0) is 14.3. The molecule has 0 aliphatic heterocycles. The van der Waals surface area contributed by atoms with Gasteiger partial charge in [-0.2, -0.15) is 0 Å². The molecular weight excluding hydrogens is 236 g/mol. The summed E-state index contributed by atoms with van der Waals surface area (Å²) >= 11 is 0. The fourth-order valence-corrected chi connectivity index (χ4v) is 2.32. The second-order valence-electron chi connectivity index (χ2n) is 5.24. The van der Waals surface area contributed by atoms with Crippen molar-refractivity contribution >= 4 is 0 Å². The van der Waals surface area contributed by atoms with Gasteiger partial charge in [-0.3, -0.25) is 4.90 Å². The summed E-state index contributed by atoms with van der Waals surface area (Å²) in [7, 11) is 1.75. The molecule has 1 rings (SSSR count). The number of methoxy groups -OCH3 is 1. The molecule has 0 aromatic heterocycles. The molecule has 3 heteroatoms. The Balaban J connectivity index is 2.47. The van der Waals surface area contributed by atoms with E-state index in [1.165, 1.54) is 11.1 Å². The molecule has 3 nitrogen and oxygen atoms in total. The van der Waals surface area contributed by atoms with Crippen molar-refractivity contribution in [1.29, 1.82) is 0 Å². The van der Waals surface area contributed by atoms with E-state index in [0.717, 1.165) is 26.1 Å². The van der Waals surface area contributed by atoms with Crippen LogP contribution in [0.15, 0.2) is 24.3 Å². The van der Waals surface area contributed by atoms with Gasteiger partial charge < -0.3 is 10.5 Å². The number of nitrogens with zero attached hydrogens (tertiary/aromatic N) is 1. The van der Waals surface area contributed by atoms with Crippen LogP contribution in [0.1, 0.15) is 37.4 Å². The molecule has 0 heterocycles. The zero-order valence-corrected chi connectivity index (χ0v) is 12.7. The lowest BCUT2D eigenvalue weighted by Crippen LogP contribution is -2.37. The van der Waals surface area contributed by atoms with E-state index in [-0.39, 0.29) is 6.04 Å². The van der Waals surface area contributed by atoms with E-state index in [1.54, 1.807) is 7.11 Å². The lowest BCUT2D eigenvalue weighted by atomic mass is 10.0. The molecule has 1 aromatic carbocycles. The summed E-state index contributed by atoms with van der Waals surface area (Å²) in [6, 6.07) is 9.08. The van der Waals surface area contributed by atoms with E-state index in [2.05, 4.69) is 49.9 Å². The second-order valence-corrected chi connectivity index (χ2v) is 5.24. The van der Waals surface area contributed by atoms with E-state index in [1.807, 2.05) is 0 Å². The Morgan fingerprint density at radius 2 is 1.89 bits per heavy atom. The number of hydrogen-bond donors (Lipinski definition) is 1. The normalized spacial score (nSPS) is 14.6. The Kier molecular flexibility index (Phi) is 7.06. The first-order valence-electron chi connectivity index (χ1n) is 7.13. The van der Waals surface area contributed by atoms with Gasteiger partial charge in [-0.25, -0.2) is 0 Å². The molecule has 0 amide bonds. The highest BCUT2D eigenvalue weighted by Gasteiger charge is 2.14. The molecule has 0 fully saturated rings. The van der Waals surface area contributed by atoms with Crippen molar-refractivity contribution in [2.24, 2.45) is 5.73 Å². The van der Waals surface area contributed by atoms with Crippen LogP contribution in [0.5, 0.6) is 0 Å². The van der Waals surface area contributed by atoms with E-state index >= 15 is 0 Å². The van der Waals surface area contributed by atoms with Crippen molar-refractivity contribution in [1.82, 2.24) is 4.90 Å². The molecule has 0 saturated heterocycles. The van der Waals surface area contributed by atoms with Crippen LogP contribution in [0.2, 0.25) is 0 Å². The molecule has 108 valence electrons. The molecule has 0 bridgehead atoms. The molecule has 0 saturated carbocycles. The standard InChI is InChI=1S/C16H28N2O/c1-5-18(14(3)12-19-4)11-10-16(17)15-8-6-13(2)7-9-15/h6-9,14,16H,5,10-12,17H2,1-4H3. The van der Waals surface area contributed by atoms with Gasteiger partial charge in [-0.05, 0) is 32.4 Å². The summed E-state index contributed by atoms with van der Waals surface area (Å²) in [6.07, 6.45) is 0.977. The van der Waals surface area contributed by atoms with Crippen LogP contribution in [0.3, 0.4) is 0 Å². The van der Waals surface area contributed by atoms with E-state index in [9.17, 15) is 0 Å². The van der Waals surface area contributed by atoms with Crippen molar-refractivity contribution < 1.29 is 4.74 Å². The Bertz CT molecular complexity index is 350. The van der Waals surface area contributed by atoms with Gasteiger partial charge in [0.25, 0.3) is 0 Å². The Morgan fingerprint density at radius 3 is 2.42 bits per heavy atom. The minimum atomic E-state index is 0.115. The summed E-state index contributed by atoms with van der Waals surface area (Å²) in [5, 5.41) is 0. The number of rotatable bonds is 8. The average Bonchev–Trinajstić information content (AvgIpc) is 2.40. The van der Waals surface area contributed by atoms with E-state index in [0.29, 0.717) is 6.04 Å². The molecule has 2 unspecified atom stereocenters. The number of aryl methyl sites for hydroxylation is 1. The fourth-order valence-electron chi connectivity index (χ4n) is 2.32. The monoisotopic (exact) mass is 264 g/mol. The predicted molar refractivity (Wildman–Crippen MR) is 81.3 cm³/mol. The van der Waals surface area contributed by atoms with Crippen molar-refractivity contribution in [2.45, 2.75) is 39.3 Å². The van der Waals surface area contributed by atoms with Crippen LogP contribution in [0.25, 0.3) is 0 Å². The molecule has 19 heavy (non-hydrogen) atoms. The zero-order valence-electron chi connectivity index (χ0n) is 12.7. The molecule has 0 spiro atoms. The quantitative estimate of drug-likeness (QED) is 0.784. The van der Waals surface area contributed by atoms with E-state index < -0.39 is 0 Å². The Labute approximate surface area is 117 Å². The summed E-state index contributed by atoms with van der Waals surface area (Å²) in [5.74, 6) is 0. The first-order chi connectivity index (χ1) is 9.08. The highest BCUT2D eigenvalue weighted by molar-refractivity contribution is 5.23. The number of ether oxygens (including phenoxy) is 1.